The normalized spacial score (nSPS) is 21.2. The molecule has 0 bridgehead atoms. The van der Waals surface area contributed by atoms with Gasteiger partial charge < -0.3 is 24.6 Å². The molecule has 0 radical (unpaired) electrons. The molecule has 0 atom stereocenters. The lowest BCUT2D eigenvalue weighted by atomic mass is 9.82. The highest BCUT2D eigenvalue weighted by Crippen LogP contribution is 2.38. The van der Waals surface area contributed by atoms with Gasteiger partial charge in [-0.15, -0.1) is 0 Å². The fourth-order valence-corrected chi connectivity index (χ4v) is 2.53. The van der Waals surface area contributed by atoms with Gasteiger partial charge in [-0.3, -0.25) is 0 Å². The first-order chi connectivity index (χ1) is 9.67. The number of hydrogen-bond donors (Lipinski definition) is 2. The van der Waals surface area contributed by atoms with Crippen molar-refractivity contribution in [2.24, 2.45) is 5.92 Å². The second-order valence-electron chi connectivity index (χ2n) is 5.16. The smallest absolute Gasteiger partial charge is 0.203 e. The van der Waals surface area contributed by atoms with Crippen LogP contribution in [-0.4, -0.2) is 39.1 Å². The lowest BCUT2D eigenvalue weighted by Gasteiger charge is -2.31. The molecule has 5 heteroatoms. The van der Waals surface area contributed by atoms with Gasteiger partial charge >= 0.3 is 0 Å². The largest absolute Gasteiger partial charge is 0.493 e. The highest BCUT2D eigenvalue weighted by atomic mass is 16.5. The van der Waals surface area contributed by atoms with Gasteiger partial charge in [0.15, 0.2) is 11.5 Å². The third-order valence-electron chi connectivity index (χ3n) is 3.70. The SMILES string of the molecule is COc1cc(CNCC2CC(O)C2)cc(OC)c1OC. The van der Waals surface area contributed by atoms with E-state index in [4.69, 9.17) is 14.2 Å². The minimum Gasteiger partial charge on any atom is -0.493 e. The Labute approximate surface area is 119 Å². The zero-order chi connectivity index (χ0) is 14.5. The van der Waals surface area contributed by atoms with Crippen molar-refractivity contribution in [1.29, 1.82) is 0 Å². The highest BCUT2D eigenvalue weighted by molar-refractivity contribution is 5.53. The maximum Gasteiger partial charge on any atom is 0.203 e. The number of aliphatic hydroxyl groups is 1. The fourth-order valence-electron chi connectivity index (χ4n) is 2.53. The molecule has 1 aliphatic rings. The Balaban J connectivity index is 1.96. The summed E-state index contributed by atoms with van der Waals surface area (Å²) < 4.78 is 16.0. The predicted molar refractivity (Wildman–Crippen MR) is 76.5 cm³/mol. The van der Waals surface area contributed by atoms with Crippen molar-refractivity contribution in [3.8, 4) is 17.2 Å². The molecule has 0 aromatic heterocycles. The summed E-state index contributed by atoms with van der Waals surface area (Å²) in [6.45, 7) is 1.66. The van der Waals surface area contributed by atoms with E-state index in [0.29, 0.717) is 23.2 Å². The first kappa shape index (κ1) is 14.9. The van der Waals surface area contributed by atoms with E-state index in [2.05, 4.69) is 5.32 Å². The van der Waals surface area contributed by atoms with Gasteiger partial charge in [0.2, 0.25) is 5.75 Å². The van der Waals surface area contributed by atoms with Crippen LogP contribution in [0.3, 0.4) is 0 Å². The molecule has 0 amide bonds. The Hall–Kier alpha value is -1.46. The molecule has 1 aromatic rings. The van der Waals surface area contributed by atoms with E-state index in [0.717, 1.165) is 31.5 Å². The van der Waals surface area contributed by atoms with Crippen molar-refractivity contribution in [3.63, 3.8) is 0 Å². The highest BCUT2D eigenvalue weighted by Gasteiger charge is 2.26. The Morgan fingerprint density at radius 3 is 2.15 bits per heavy atom. The molecule has 0 unspecified atom stereocenters. The zero-order valence-electron chi connectivity index (χ0n) is 12.3. The summed E-state index contributed by atoms with van der Waals surface area (Å²) in [5, 5.41) is 12.7. The number of methoxy groups -OCH3 is 3. The van der Waals surface area contributed by atoms with Crippen LogP contribution in [0, 0.1) is 5.92 Å². The number of nitrogens with one attached hydrogen (secondary N) is 1. The molecule has 0 heterocycles. The maximum absolute atomic E-state index is 9.25. The fraction of sp³-hybridized carbons (Fsp3) is 0.600. The lowest BCUT2D eigenvalue weighted by Crippen LogP contribution is -2.35. The second-order valence-corrected chi connectivity index (χ2v) is 5.16. The van der Waals surface area contributed by atoms with Crippen LogP contribution in [0.4, 0.5) is 0 Å². The van der Waals surface area contributed by atoms with Crippen molar-refractivity contribution in [1.82, 2.24) is 5.32 Å². The number of hydrogen-bond acceptors (Lipinski definition) is 5. The van der Waals surface area contributed by atoms with Gasteiger partial charge in [-0.05, 0) is 43.0 Å². The van der Waals surface area contributed by atoms with Crippen molar-refractivity contribution in [2.75, 3.05) is 27.9 Å². The molecule has 1 saturated carbocycles. The van der Waals surface area contributed by atoms with E-state index in [1.54, 1.807) is 21.3 Å². The maximum atomic E-state index is 9.25. The number of aliphatic hydroxyl groups excluding tert-OH is 1. The van der Waals surface area contributed by atoms with Gasteiger partial charge in [0, 0.05) is 6.54 Å². The molecule has 1 aromatic carbocycles. The summed E-state index contributed by atoms with van der Waals surface area (Å²) in [4.78, 5) is 0. The zero-order valence-corrected chi connectivity index (χ0v) is 12.3. The van der Waals surface area contributed by atoms with Gasteiger partial charge in [0.1, 0.15) is 0 Å². The quantitative estimate of drug-likeness (QED) is 0.794. The standard InChI is InChI=1S/C15H23NO4/c1-18-13-6-11(7-14(19-2)15(13)20-3)9-16-8-10-4-12(17)5-10/h6-7,10,12,16-17H,4-5,8-9H2,1-3H3. The molecular formula is C15H23NO4. The molecule has 2 N–H and O–H groups in total. The van der Waals surface area contributed by atoms with Crippen LogP contribution in [0.2, 0.25) is 0 Å². The van der Waals surface area contributed by atoms with Gasteiger partial charge in [0.05, 0.1) is 27.4 Å². The van der Waals surface area contributed by atoms with E-state index >= 15 is 0 Å². The summed E-state index contributed by atoms with van der Waals surface area (Å²) >= 11 is 0. The van der Waals surface area contributed by atoms with Gasteiger partial charge in [-0.2, -0.15) is 0 Å². The number of rotatable bonds is 7. The van der Waals surface area contributed by atoms with Crippen molar-refractivity contribution in [2.45, 2.75) is 25.5 Å². The summed E-state index contributed by atoms with van der Waals surface area (Å²) in [6, 6.07) is 3.90. The average Bonchev–Trinajstić information content (AvgIpc) is 2.44. The van der Waals surface area contributed by atoms with Crippen LogP contribution in [-0.2, 0) is 6.54 Å². The molecule has 5 nitrogen and oxygen atoms in total. The van der Waals surface area contributed by atoms with Gasteiger partial charge in [0.25, 0.3) is 0 Å². The number of benzene rings is 1. The minimum absolute atomic E-state index is 0.0945. The van der Waals surface area contributed by atoms with Crippen molar-refractivity contribution in [3.05, 3.63) is 17.7 Å². The van der Waals surface area contributed by atoms with E-state index < -0.39 is 0 Å². The lowest BCUT2D eigenvalue weighted by molar-refractivity contribution is 0.0430. The molecule has 20 heavy (non-hydrogen) atoms. The van der Waals surface area contributed by atoms with Crippen molar-refractivity contribution >= 4 is 0 Å². The van der Waals surface area contributed by atoms with Crippen LogP contribution >= 0.6 is 0 Å². The third kappa shape index (κ3) is 3.35. The average molecular weight is 281 g/mol. The minimum atomic E-state index is -0.0945. The Bertz CT molecular complexity index is 418. The van der Waals surface area contributed by atoms with Crippen LogP contribution < -0.4 is 19.5 Å². The number of ether oxygens (including phenoxy) is 3. The van der Waals surface area contributed by atoms with Gasteiger partial charge in [-0.25, -0.2) is 0 Å². The third-order valence-corrected chi connectivity index (χ3v) is 3.70. The van der Waals surface area contributed by atoms with E-state index in [-0.39, 0.29) is 6.10 Å². The topological polar surface area (TPSA) is 60.0 Å². The summed E-state index contributed by atoms with van der Waals surface area (Å²) in [5.41, 5.74) is 1.08. The molecule has 2 rings (SSSR count). The first-order valence-electron chi connectivity index (χ1n) is 6.85. The predicted octanol–water partition coefficient (Wildman–Crippen LogP) is 1.57. The van der Waals surface area contributed by atoms with E-state index in [1.165, 1.54) is 0 Å². The molecule has 0 saturated heterocycles. The Kier molecular flexibility index (Phi) is 5.09. The van der Waals surface area contributed by atoms with Crippen LogP contribution in [0.5, 0.6) is 17.2 Å². The van der Waals surface area contributed by atoms with Crippen molar-refractivity contribution < 1.29 is 19.3 Å². The monoisotopic (exact) mass is 281 g/mol. The summed E-state index contributed by atoms with van der Waals surface area (Å²) in [6.07, 6.45) is 1.72. The second kappa shape index (κ2) is 6.81. The molecule has 1 aliphatic carbocycles. The Morgan fingerprint density at radius 2 is 1.70 bits per heavy atom. The molecule has 0 aliphatic heterocycles. The van der Waals surface area contributed by atoms with Crippen LogP contribution in [0.15, 0.2) is 12.1 Å². The van der Waals surface area contributed by atoms with E-state index in [1.807, 2.05) is 12.1 Å². The Morgan fingerprint density at radius 1 is 1.10 bits per heavy atom. The molecular weight excluding hydrogens is 258 g/mol. The molecule has 0 spiro atoms. The van der Waals surface area contributed by atoms with E-state index in [9.17, 15) is 5.11 Å². The first-order valence-corrected chi connectivity index (χ1v) is 6.85. The van der Waals surface area contributed by atoms with Gasteiger partial charge in [-0.1, -0.05) is 0 Å². The molecule has 112 valence electrons. The van der Waals surface area contributed by atoms with Crippen LogP contribution in [0.1, 0.15) is 18.4 Å². The summed E-state index contributed by atoms with van der Waals surface area (Å²) in [7, 11) is 4.83. The summed E-state index contributed by atoms with van der Waals surface area (Å²) in [5.74, 6) is 2.54. The molecule has 1 fully saturated rings. The van der Waals surface area contributed by atoms with Crippen LogP contribution in [0.25, 0.3) is 0 Å².